The molecule has 0 N–H and O–H groups in total. The van der Waals surface area contributed by atoms with Crippen molar-refractivity contribution in [2.75, 3.05) is 32.8 Å². The molecular formula is C25H32N2O2. The summed E-state index contributed by atoms with van der Waals surface area (Å²) in [7, 11) is 0. The van der Waals surface area contributed by atoms with Gasteiger partial charge in [-0.25, -0.2) is 0 Å². The third-order valence-corrected chi connectivity index (χ3v) is 6.14. The molecule has 2 fully saturated rings. The maximum Gasteiger partial charge on any atom is 0.254 e. The van der Waals surface area contributed by atoms with Gasteiger partial charge in [0, 0.05) is 18.7 Å². The molecule has 0 spiro atoms. The number of rotatable bonds is 7. The lowest BCUT2D eigenvalue weighted by molar-refractivity contribution is 0.0735. The fourth-order valence-corrected chi connectivity index (χ4v) is 4.55. The summed E-state index contributed by atoms with van der Waals surface area (Å²) in [6.07, 6.45) is 7.18. The number of likely N-dealkylation sites (tertiary alicyclic amines) is 2. The van der Waals surface area contributed by atoms with Crippen LogP contribution >= 0.6 is 0 Å². The molecule has 2 aliphatic rings. The van der Waals surface area contributed by atoms with Gasteiger partial charge in [-0.05, 0) is 75.0 Å². The van der Waals surface area contributed by atoms with Gasteiger partial charge in [0.05, 0.1) is 12.6 Å². The number of piperidine rings is 1. The summed E-state index contributed by atoms with van der Waals surface area (Å²) in [4.78, 5) is 17.6. The standard InChI is InChI=1S/C25H32N2O2/c28-25(27-19-7-11-24(27)21-9-3-1-4-10-21)22-12-14-23(15-13-22)29-20-8-18-26-16-5-2-6-17-26/h1,3-4,9-10,12-15,24H,2,5-8,11,16-20H2. The van der Waals surface area contributed by atoms with E-state index in [2.05, 4.69) is 17.0 Å². The lowest BCUT2D eigenvalue weighted by atomic mass is 10.0. The lowest BCUT2D eigenvalue weighted by Crippen LogP contribution is -2.31. The van der Waals surface area contributed by atoms with Crippen LogP contribution in [0.15, 0.2) is 54.6 Å². The molecule has 2 aromatic carbocycles. The molecule has 0 aromatic heterocycles. The van der Waals surface area contributed by atoms with Crippen molar-refractivity contribution >= 4 is 5.91 Å². The molecule has 0 aliphatic carbocycles. The summed E-state index contributed by atoms with van der Waals surface area (Å²) in [6, 6.07) is 18.2. The van der Waals surface area contributed by atoms with Crippen LogP contribution in [0.25, 0.3) is 0 Å². The first kappa shape index (κ1) is 20.0. The van der Waals surface area contributed by atoms with Crippen LogP contribution in [0.4, 0.5) is 0 Å². The zero-order valence-electron chi connectivity index (χ0n) is 17.3. The van der Waals surface area contributed by atoms with Crippen LogP contribution in [0.5, 0.6) is 5.75 Å². The van der Waals surface area contributed by atoms with E-state index >= 15 is 0 Å². The molecular weight excluding hydrogens is 360 g/mol. The van der Waals surface area contributed by atoms with Gasteiger partial charge in [0.25, 0.3) is 5.91 Å². The fraction of sp³-hybridized carbons (Fsp3) is 0.480. The summed E-state index contributed by atoms with van der Waals surface area (Å²) >= 11 is 0. The molecule has 4 nitrogen and oxygen atoms in total. The summed E-state index contributed by atoms with van der Waals surface area (Å²) in [5.41, 5.74) is 1.97. The summed E-state index contributed by atoms with van der Waals surface area (Å²) in [5.74, 6) is 0.967. The van der Waals surface area contributed by atoms with Crippen LogP contribution in [0.2, 0.25) is 0 Å². The Morgan fingerprint density at radius 3 is 2.41 bits per heavy atom. The predicted molar refractivity (Wildman–Crippen MR) is 116 cm³/mol. The van der Waals surface area contributed by atoms with Crippen molar-refractivity contribution in [1.29, 1.82) is 0 Å². The highest BCUT2D eigenvalue weighted by atomic mass is 16.5. The minimum Gasteiger partial charge on any atom is -0.494 e. The second kappa shape index (κ2) is 9.93. The Bertz CT molecular complexity index is 769. The maximum atomic E-state index is 13.1. The van der Waals surface area contributed by atoms with Gasteiger partial charge in [0.1, 0.15) is 5.75 Å². The molecule has 1 amide bonds. The SMILES string of the molecule is O=C(c1ccc(OCCCN2CCCCC2)cc1)N1CCCC1c1ccccc1. The molecule has 1 atom stereocenters. The average molecular weight is 393 g/mol. The van der Waals surface area contributed by atoms with E-state index in [1.54, 1.807) is 0 Å². The molecule has 4 rings (SSSR count). The Hall–Kier alpha value is -2.33. The van der Waals surface area contributed by atoms with Crippen molar-refractivity contribution in [3.05, 3.63) is 65.7 Å². The summed E-state index contributed by atoms with van der Waals surface area (Å²) < 4.78 is 5.90. The molecule has 4 heteroatoms. The molecule has 29 heavy (non-hydrogen) atoms. The Morgan fingerprint density at radius 1 is 0.897 bits per heavy atom. The van der Waals surface area contributed by atoms with Gasteiger partial charge in [0.2, 0.25) is 0 Å². The molecule has 2 aliphatic heterocycles. The van der Waals surface area contributed by atoms with Crippen molar-refractivity contribution in [2.24, 2.45) is 0 Å². The first-order chi connectivity index (χ1) is 14.3. The number of carbonyl (C=O) groups is 1. The highest BCUT2D eigenvalue weighted by Gasteiger charge is 2.30. The van der Waals surface area contributed by atoms with E-state index in [4.69, 9.17) is 4.74 Å². The zero-order valence-corrected chi connectivity index (χ0v) is 17.3. The number of ether oxygens (including phenoxy) is 1. The van der Waals surface area contributed by atoms with Gasteiger partial charge in [-0.3, -0.25) is 4.79 Å². The predicted octanol–water partition coefficient (Wildman–Crippen LogP) is 4.92. The Morgan fingerprint density at radius 2 is 1.66 bits per heavy atom. The Kier molecular flexibility index (Phi) is 6.83. The molecule has 2 saturated heterocycles. The highest BCUT2D eigenvalue weighted by molar-refractivity contribution is 5.94. The van der Waals surface area contributed by atoms with Gasteiger partial charge in [0.15, 0.2) is 0 Å². The van der Waals surface area contributed by atoms with E-state index in [0.29, 0.717) is 0 Å². The number of amides is 1. The second-order valence-corrected chi connectivity index (χ2v) is 8.20. The minimum absolute atomic E-state index is 0.119. The molecule has 154 valence electrons. The molecule has 0 saturated carbocycles. The van der Waals surface area contributed by atoms with E-state index in [1.807, 2.05) is 47.4 Å². The lowest BCUT2D eigenvalue weighted by Gasteiger charge is -2.26. The first-order valence-corrected chi connectivity index (χ1v) is 11.1. The zero-order chi connectivity index (χ0) is 19.9. The monoisotopic (exact) mass is 392 g/mol. The van der Waals surface area contributed by atoms with Gasteiger partial charge in [-0.2, -0.15) is 0 Å². The average Bonchev–Trinajstić information content (AvgIpc) is 3.28. The van der Waals surface area contributed by atoms with Crippen molar-refractivity contribution in [1.82, 2.24) is 9.80 Å². The first-order valence-electron chi connectivity index (χ1n) is 11.1. The van der Waals surface area contributed by atoms with Crippen molar-refractivity contribution < 1.29 is 9.53 Å². The van der Waals surface area contributed by atoms with E-state index in [1.165, 1.54) is 37.9 Å². The van der Waals surface area contributed by atoms with Crippen molar-refractivity contribution in [3.63, 3.8) is 0 Å². The van der Waals surface area contributed by atoms with E-state index in [0.717, 1.165) is 50.3 Å². The van der Waals surface area contributed by atoms with Crippen LogP contribution in [-0.2, 0) is 0 Å². The number of carbonyl (C=O) groups excluding carboxylic acids is 1. The second-order valence-electron chi connectivity index (χ2n) is 8.20. The smallest absolute Gasteiger partial charge is 0.254 e. The topological polar surface area (TPSA) is 32.8 Å². The normalized spacial score (nSPS) is 20.0. The molecule has 0 radical (unpaired) electrons. The number of hydrogen-bond donors (Lipinski definition) is 0. The van der Waals surface area contributed by atoms with Gasteiger partial charge in [-0.15, -0.1) is 0 Å². The minimum atomic E-state index is 0.119. The summed E-state index contributed by atoms with van der Waals surface area (Å²) in [5, 5.41) is 0. The molecule has 2 aromatic rings. The Labute approximate surface area is 174 Å². The number of hydrogen-bond acceptors (Lipinski definition) is 3. The maximum absolute atomic E-state index is 13.1. The highest BCUT2D eigenvalue weighted by Crippen LogP contribution is 2.33. The van der Waals surface area contributed by atoms with Crippen LogP contribution in [-0.4, -0.2) is 48.5 Å². The largest absolute Gasteiger partial charge is 0.494 e. The van der Waals surface area contributed by atoms with Crippen LogP contribution in [0.3, 0.4) is 0 Å². The molecule has 1 unspecified atom stereocenters. The quantitative estimate of drug-likeness (QED) is 0.627. The van der Waals surface area contributed by atoms with Crippen LogP contribution < -0.4 is 4.74 Å². The van der Waals surface area contributed by atoms with Crippen LogP contribution in [0, 0.1) is 0 Å². The van der Waals surface area contributed by atoms with Gasteiger partial charge >= 0.3 is 0 Å². The number of benzene rings is 2. The Balaban J connectivity index is 1.28. The van der Waals surface area contributed by atoms with Crippen molar-refractivity contribution in [3.8, 4) is 5.75 Å². The number of nitrogens with zero attached hydrogens (tertiary/aromatic N) is 2. The summed E-state index contributed by atoms with van der Waals surface area (Å²) in [6.45, 7) is 5.14. The van der Waals surface area contributed by atoms with Gasteiger partial charge < -0.3 is 14.5 Å². The third-order valence-electron chi connectivity index (χ3n) is 6.14. The molecule has 2 heterocycles. The fourth-order valence-electron chi connectivity index (χ4n) is 4.55. The van der Waals surface area contributed by atoms with E-state index in [9.17, 15) is 4.79 Å². The third kappa shape index (κ3) is 5.18. The van der Waals surface area contributed by atoms with E-state index in [-0.39, 0.29) is 11.9 Å². The van der Waals surface area contributed by atoms with Gasteiger partial charge in [-0.1, -0.05) is 36.8 Å². The molecule has 0 bridgehead atoms. The van der Waals surface area contributed by atoms with Crippen molar-refractivity contribution in [2.45, 2.75) is 44.6 Å². The van der Waals surface area contributed by atoms with E-state index < -0.39 is 0 Å². The van der Waals surface area contributed by atoms with Crippen LogP contribution in [0.1, 0.15) is 60.5 Å².